The summed E-state index contributed by atoms with van der Waals surface area (Å²) in [5.74, 6) is -0.196. The molecule has 0 bridgehead atoms. The molecule has 3 aromatic rings. The van der Waals surface area contributed by atoms with Crippen LogP contribution in [-0.2, 0) is 0 Å². The summed E-state index contributed by atoms with van der Waals surface area (Å²) in [6.45, 7) is 0. The van der Waals surface area contributed by atoms with Crippen molar-refractivity contribution in [2.45, 2.75) is 0 Å². The van der Waals surface area contributed by atoms with E-state index in [9.17, 15) is 14.7 Å². The van der Waals surface area contributed by atoms with E-state index in [2.05, 4.69) is 4.98 Å². The minimum Gasteiger partial charge on any atom is -0.508 e. The Hall–Kier alpha value is -2.88. The highest BCUT2D eigenvalue weighted by Gasteiger charge is 2.31. The van der Waals surface area contributed by atoms with Gasteiger partial charge in [-0.2, -0.15) is 0 Å². The molecule has 4 rings (SSSR count). The van der Waals surface area contributed by atoms with Crippen molar-refractivity contribution in [1.29, 1.82) is 0 Å². The molecule has 1 aliphatic rings. The number of H-pyrrole nitrogens is 1. The van der Waals surface area contributed by atoms with Gasteiger partial charge in [0.05, 0.1) is 5.56 Å². The number of benzene rings is 2. The number of phenols is 1. The number of ketones is 1. The first-order valence-corrected chi connectivity index (χ1v) is 6.20. The van der Waals surface area contributed by atoms with Crippen molar-refractivity contribution in [2.75, 3.05) is 0 Å². The number of nitrogens with one attached hydrogen (secondary N) is 1. The summed E-state index contributed by atoms with van der Waals surface area (Å²) in [5, 5.41) is 10.3. The normalized spacial score (nSPS) is 12.5. The second-order valence-electron chi connectivity index (χ2n) is 4.81. The fourth-order valence-electron chi connectivity index (χ4n) is 2.81. The van der Waals surface area contributed by atoms with Crippen LogP contribution >= 0.6 is 0 Å². The second kappa shape index (κ2) is 3.57. The van der Waals surface area contributed by atoms with E-state index in [1.165, 1.54) is 12.1 Å². The highest BCUT2D eigenvalue weighted by atomic mass is 16.3. The molecule has 2 N–H and O–H groups in total. The first kappa shape index (κ1) is 11.0. The maximum atomic E-state index is 12.5. The van der Waals surface area contributed by atoms with E-state index in [-0.39, 0.29) is 17.1 Å². The zero-order valence-electron chi connectivity index (χ0n) is 10.3. The number of rotatable bonds is 0. The monoisotopic (exact) mass is 263 g/mol. The number of aromatic hydroxyl groups is 1. The lowest BCUT2D eigenvalue weighted by Crippen LogP contribution is -2.11. The third-order valence-electron chi connectivity index (χ3n) is 3.67. The summed E-state index contributed by atoms with van der Waals surface area (Å²) in [5.41, 5.74) is 2.13. The number of hydrogen-bond donors (Lipinski definition) is 2. The number of carbonyl (C=O) groups excluding carboxylic acids is 1. The minimum absolute atomic E-state index is 0.0191. The number of carbonyl (C=O) groups is 1. The van der Waals surface area contributed by atoms with E-state index in [1.807, 2.05) is 18.2 Å². The van der Waals surface area contributed by atoms with Crippen LogP contribution in [-0.4, -0.2) is 15.9 Å². The van der Waals surface area contributed by atoms with Crippen LogP contribution in [0.25, 0.3) is 22.0 Å². The third-order valence-corrected chi connectivity index (χ3v) is 3.67. The van der Waals surface area contributed by atoms with Gasteiger partial charge in [0.25, 0.3) is 5.56 Å². The molecule has 0 aliphatic heterocycles. The molecule has 4 heteroatoms. The molecule has 0 saturated heterocycles. The summed E-state index contributed by atoms with van der Waals surface area (Å²) in [6.07, 6.45) is 0. The van der Waals surface area contributed by atoms with Gasteiger partial charge in [0.2, 0.25) is 0 Å². The highest BCUT2D eigenvalue weighted by Crippen LogP contribution is 2.38. The van der Waals surface area contributed by atoms with E-state index in [0.717, 1.165) is 5.39 Å². The Morgan fingerprint density at radius 2 is 1.70 bits per heavy atom. The van der Waals surface area contributed by atoms with Crippen molar-refractivity contribution < 1.29 is 9.90 Å². The SMILES string of the molecule is O=C1c2cc(O)ccc2-c2c1c1ccccc1[nH]c2=O. The number of pyridine rings is 1. The topological polar surface area (TPSA) is 70.2 Å². The zero-order valence-corrected chi connectivity index (χ0v) is 10.3. The van der Waals surface area contributed by atoms with Crippen LogP contribution in [0.4, 0.5) is 0 Å². The average Bonchev–Trinajstić information content (AvgIpc) is 2.73. The van der Waals surface area contributed by atoms with Gasteiger partial charge in [0.1, 0.15) is 5.75 Å². The lowest BCUT2D eigenvalue weighted by molar-refractivity contribution is 0.104. The standard InChI is InChI=1S/C16H9NO3/c18-8-5-6-9-11(7-8)15(19)13-10-3-1-2-4-12(10)17-16(20)14(9)13/h1-7,18H,(H,17,20). The lowest BCUT2D eigenvalue weighted by Gasteiger charge is -2.03. The van der Waals surface area contributed by atoms with Crippen molar-refractivity contribution in [3.05, 3.63) is 63.9 Å². The number of phenolic OH excluding ortho intramolecular Hbond substituents is 1. The summed E-state index contributed by atoms with van der Waals surface area (Å²) < 4.78 is 0. The van der Waals surface area contributed by atoms with Crippen LogP contribution in [0.1, 0.15) is 15.9 Å². The van der Waals surface area contributed by atoms with Crippen LogP contribution in [0, 0.1) is 0 Å². The van der Waals surface area contributed by atoms with Gasteiger partial charge in [0, 0.05) is 22.0 Å². The second-order valence-corrected chi connectivity index (χ2v) is 4.81. The van der Waals surface area contributed by atoms with E-state index in [0.29, 0.717) is 27.8 Å². The molecule has 1 heterocycles. The van der Waals surface area contributed by atoms with Gasteiger partial charge in [-0.05, 0) is 29.8 Å². The molecule has 0 amide bonds. The summed E-state index contributed by atoms with van der Waals surface area (Å²) in [6, 6.07) is 11.7. The van der Waals surface area contributed by atoms with Crippen LogP contribution in [0.2, 0.25) is 0 Å². The predicted octanol–water partition coefficient (Wildman–Crippen LogP) is 2.45. The largest absolute Gasteiger partial charge is 0.508 e. The molecule has 1 aromatic heterocycles. The molecule has 4 nitrogen and oxygen atoms in total. The third kappa shape index (κ3) is 1.25. The van der Waals surface area contributed by atoms with Crippen LogP contribution in [0.5, 0.6) is 5.75 Å². The van der Waals surface area contributed by atoms with E-state index in [4.69, 9.17) is 0 Å². The number of fused-ring (bicyclic) bond motifs is 5. The lowest BCUT2D eigenvalue weighted by atomic mass is 10.0. The van der Waals surface area contributed by atoms with Crippen LogP contribution in [0.15, 0.2) is 47.3 Å². The van der Waals surface area contributed by atoms with Gasteiger partial charge in [-0.25, -0.2) is 0 Å². The van der Waals surface area contributed by atoms with E-state index >= 15 is 0 Å². The van der Waals surface area contributed by atoms with Crippen molar-refractivity contribution in [1.82, 2.24) is 4.98 Å². The Morgan fingerprint density at radius 3 is 2.55 bits per heavy atom. The molecule has 0 unspecified atom stereocenters. The Bertz CT molecular complexity index is 954. The Labute approximate surface area is 113 Å². The van der Waals surface area contributed by atoms with Gasteiger partial charge in [-0.15, -0.1) is 0 Å². The molecule has 20 heavy (non-hydrogen) atoms. The average molecular weight is 263 g/mol. The molecule has 0 spiro atoms. The maximum absolute atomic E-state index is 12.5. The first-order valence-electron chi connectivity index (χ1n) is 6.20. The maximum Gasteiger partial charge on any atom is 0.257 e. The van der Waals surface area contributed by atoms with Gasteiger partial charge in [-0.1, -0.05) is 18.2 Å². The number of para-hydroxylation sites is 1. The van der Waals surface area contributed by atoms with Gasteiger partial charge in [0.15, 0.2) is 5.78 Å². The minimum atomic E-state index is -0.281. The molecule has 0 fully saturated rings. The summed E-state index contributed by atoms with van der Waals surface area (Å²) in [4.78, 5) is 27.6. The van der Waals surface area contributed by atoms with Gasteiger partial charge < -0.3 is 10.1 Å². The quantitative estimate of drug-likeness (QED) is 0.512. The smallest absolute Gasteiger partial charge is 0.257 e. The molecule has 0 atom stereocenters. The predicted molar refractivity (Wildman–Crippen MR) is 75.1 cm³/mol. The summed E-state index contributed by atoms with van der Waals surface area (Å²) >= 11 is 0. The Morgan fingerprint density at radius 1 is 0.900 bits per heavy atom. The molecule has 0 saturated carbocycles. The Balaban J connectivity index is 2.22. The zero-order chi connectivity index (χ0) is 13.9. The van der Waals surface area contributed by atoms with Gasteiger partial charge in [-0.3, -0.25) is 9.59 Å². The number of aromatic nitrogens is 1. The first-order chi connectivity index (χ1) is 9.66. The molecular formula is C16H9NO3. The van der Waals surface area contributed by atoms with Crippen molar-refractivity contribution in [3.8, 4) is 16.9 Å². The van der Waals surface area contributed by atoms with Crippen LogP contribution in [0.3, 0.4) is 0 Å². The Kier molecular flexibility index (Phi) is 1.96. The van der Waals surface area contributed by atoms with Crippen molar-refractivity contribution in [2.24, 2.45) is 0 Å². The molecule has 2 aromatic carbocycles. The molecule has 96 valence electrons. The number of aromatic amines is 1. The van der Waals surface area contributed by atoms with Crippen molar-refractivity contribution in [3.63, 3.8) is 0 Å². The highest BCUT2D eigenvalue weighted by molar-refractivity contribution is 6.27. The molecular weight excluding hydrogens is 254 g/mol. The van der Waals surface area contributed by atoms with E-state index < -0.39 is 0 Å². The van der Waals surface area contributed by atoms with Gasteiger partial charge >= 0.3 is 0 Å². The fourth-order valence-corrected chi connectivity index (χ4v) is 2.81. The van der Waals surface area contributed by atoms with Crippen molar-refractivity contribution >= 4 is 16.7 Å². The summed E-state index contributed by atoms with van der Waals surface area (Å²) in [7, 11) is 0. The molecule has 1 aliphatic carbocycles. The molecule has 0 radical (unpaired) electrons. The number of hydrogen-bond acceptors (Lipinski definition) is 3. The van der Waals surface area contributed by atoms with Crippen LogP contribution < -0.4 is 5.56 Å². The fraction of sp³-hybridized carbons (Fsp3) is 0. The van der Waals surface area contributed by atoms with E-state index in [1.54, 1.807) is 12.1 Å².